The molecule has 2 saturated heterocycles. The molecule has 0 spiro atoms. The van der Waals surface area contributed by atoms with Crippen molar-refractivity contribution in [2.45, 2.75) is 173 Å². The smallest absolute Gasteiger partial charge is 0.510 e. The van der Waals surface area contributed by atoms with Crippen LogP contribution in [0, 0.1) is 0 Å². The van der Waals surface area contributed by atoms with Gasteiger partial charge in [0.25, 0.3) is 11.1 Å². The molecular formula is C56H81ClF2N6O34P2. The molecule has 0 aliphatic carbocycles. The van der Waals surface area contributed by atoms with E-state index < -0.39 is 218 Å². The molecule has 1 aromatic carbocycles. The lowest BCUT2D eigenvalue weighted by Gasteiger charge is -2.35. The minimum absolute atomic E-state index is 0. The van der Waals surface area contributed by atoms with Crippen LogP contribution in [0.4, 0.5) is 32.8 Å². The van der Waals surface area contributed by atoms with Gasteiger partial charge >= 0.3 is 69.7 Å². The maximum Gasteiger partial charge on any atom is 0.510 e. The van der Waals surface area contributed by atoms with E-state index in [0.717, 1.165) is 38.4 Å². The minimum atomic E-state index is -5.11. The van der Waals surface area contributed by atoms with Gasteiger partial charge in [-0.15, -0.1) is 0 Å². The van der Waals surface area contributed by atoms with Crippen LogP contribution in [0.5, 0.6) is 0 Å². The van der Waals surface area contributed by atoms with Crippen molar-refractivity contribution in [2.24, 2.45) is 0 Å². The lowest BCUT2D eigenvalue weighted by Crippen LogP contribution is -3.00. The molecule has 45 heteroatoms. The number of H-pyrrole nitrogens is 2. The third-order valence-corrected chi connectivity index (χ3v) is 15.5. The fourth-order valence-corrected chi connectivity index (χ4v) is 10.4. The molecule has 0 bridgehead atoms. The molecule has 2 aromatic heterocycles. The van der Waals surface area contributed by atoms with Crippen LogP contribution in [-0.2, 0) is 114 Å². The number of amides is 1. The van der Waals surface area contributed by atoms with E-state index in [-0.39, 0.29) is 19.0 Å². The monoisotopic (exact) mass is 1520 g/mol. The summed E-state index contributed by atoms with van der Waals surface area (Å²) in [7, 11) is -10.1. The number of phosphoric ester groups is 2. The van der Waals surface area contributed by atoms with Gasteiger partial charge in [0.1, 0.15) is 37.2 Å². The number of carbonyl (C=O) groups is 7. The zero-order valence-electron chi connectivity index (χ0n) is 56.4. The van der Waals surface area contributed by atoms with Gasteiger partial charge in [-0.1, -0.05) is 30.3 Å². The molecular weight excluding hydrogens is 1440 g/mol. The van der Waals surface area contributed by atoms with Gasteiger partial charge in [-0.05, 0) is 88.6 Å². The highest BCUT2D eigenvalue weighted by Gasteiger charge is 2.67. The average Bonchev–Trinajstić information content (AvgIpc) is 1.59. The van der Waals surface area contributed by atoms with E-state index in [0.29, 0.717) is 14.7 Å². The van der Waals surface area contributed by atoms with Crippen molar-refractivity contribution in [2.75, 3.05) is 53.7 Å². The summed E-state index contributed by atoms with van der Waals surface area (Å²) in [6.07, 6.45) is -14.5. The van der Waals surface area contributed by atoms with Crippen molar-refractivity contribution in [3.8, 4) is 0 Å². The molecule has 5 rings (SSSR count). The summed E-state index contributed by atoms with van der Waals surface area (Å²) in [5.41, 5.74) is -9.85. The van der Waals surface area contributed by atoms with Gasteiger partial charge in [-0.25, -0.2) is 79.2 Å². The van der Waals surface area contributed by atoms with Crippen molar-refractivity contribution in [1.29, 1.82) is 0 Å². The summed E-state index contributed by atoms with van der Waals surface area (Å²) >= 11 is 0. The number of nitrogens with one attached hydrogen (secondary N) is 3. The number of carbonyl (C=O) groups excluding carboxylic acids is 7. The Labute approximate surface area is 578 Å². The maximum atomic E-state index is 15.4. The van der Waals surface area contributed by atoms with Crippen LogP contribution < -0.4 is 46.0 Å². The molecule has 10 atom stereocenters. The quantitative estimate of drug-likeness (QED) is 0.0205. The highest BCUT2D eigenvalue weighted by molar-refractivity contribution is 7.48. The van der Waals surface area contributed by atoms with E-state index in [1.807, 2.05) is 9.97 Å². The number of esters is 2. The molecule has 3 aromatic rings. The SMILES string of the molecule is CC(C)OC(=O)OCOP(=O)(OCOC(=O)OC(C)C)OC[C@@]1(CF)O[C@@H](n2ccc(=O)[nH]c2=O)[C@](C)(O)[C@@H]1OC(=O)[C@H](C)NC(=O)OCc1ccccc1.CC(C)OC(=O)OCOP(=O)(OCOC(=O)OC(C)C)OC[C@@]1(CF)O[C@@H](n2ccc(=O)[nH]c2=O)[C@](C)(O)[C@@H]1OC(=O)[C@H](C)[NH3+].[Cl-]. The number of aromatic amines is 2. The summed E-state index contributed by atoms with van der Waals surface area (Å²) < 4.78 is 155. The second-order valence-corrected chi connectivity index (χ2v) is 26.3. The van der Waals surface area contributed by atoms with E-state index in [2.05, 4.69) is 30.0 Å². The zero-order chi connectivity index (χ0) is 75.1. The first-order valence-electron chi connectivity index (χ1n) is 29.8. The number of aliphatic hydroxyl groups is 2. The number of benzene rings is 1. The number of ether oxygens (including phenoxy) is 13. The number of hydrogen-bond donors (Lipinski definition) is 6. The second kappa shape index (κ2) is 38.9. The number of halogens is 3. The van der Waals surface area contributed by atoms with Crippen molar-refractivity contribution >= 4 is 58.3 Å². The van der Waals surface area contributed by atoms with Crippen molar-refractivity contribution < 1.29 is 169 Å². The van der Waals surface area contributed by atoms with Gasteiger partial charge in [0.15, 0.2) is 41.9 Å². The van der Waals surface area contributed by atoms with Gasteiger partial charge in [0.05, 0.1) is 37.6 Å². The fraction of sp³-hybridized carbons (Fsp3) is 0.625. The van der Waals surface area contributed by atoms with Gasteiger partial charge in [0, 0.05) is 24.5 Å². The van der Waals surface area contributed by atoms with Crippen LogP contribution in [0.15, 0.2) is 74.0 Å². The summed E-state index contributed by atoms with van der Waals surface area (Å²) in [6, 6.07) is 7.82. The molecule has 570 valence electrons. The van der Waals surface area contributed by atoms with Crippen LogP contribution in [-0.4, -0.2) is 197 Å². The third kappa shape index (κ3) is 26.1. The largest absolute Gasteiger partial charge is 1.00 e. The van der Waals surface area contributed by atoms with Gasteiger partial charge in [0.2, 0.25) is 27.2 Å². The Hall–Kier alpha value is -7.96. The minimum Gasteiger partial charge on any atom is -1.00 e. The van der Waals surface area contributed by atoms with Crippen LogP contribution in [0.1, 0.15) is 101 Å². The number of aromatic nitrogens is 4. The topological polar surface area (TPSA) is 519 Å². The number of hydrogen-bond acceptors (Lipinski definition) is 34. The fourth-order valence-electron chi connectivity index (χ4n) is 8.50. The van der Waals surface area contributed by atoms with Crippen molar-refractivity contribution in [3.05, 3.63) is 102 Å². The third-order valence-electron chi connectivity index (χ3n) is 13.0. The molecule has 2 aliphatic rings. The second-order valence-electron chi connectivity index (χ2n) is 23.0. The number of alkyl carbamates (subject to hydrolysis) is 1. The molecule has 2 aliphatic heterocycles. The molecule has 2 fully saturated rings. The Morgan fingerprint density at radius 3 is 1.20 bits per heavy atom. The van der Waals surface area contributed by atoms with Crippen LogP contribution in [0.2, 0.25) is 0 Å². The molecule has 40 nitrogen and oxygen atoms in total. The number of rotatable bonds is 33. The average molecular weight is 1520 g/mol. The van der Waals surface area contributed by atoms with Crippen molar-refractivity contribution in [3.63, 3.8) is 0 Å². The Kier molecular flexibility index (Phi) is 33.6. The summed E-state index contributed by atoms with van der Waals surface area (Å²) in [5.74, 6) is -2.30. The van der Waals surface area contributed by atoms with E-state index in [1.54, 1.807) is 30.3 Å². The Morgan fingerprint density at radius 2 is 0.891 bits per heavy atom. The van der Waals surface area contributed by atoms with Gasteiger partial charge in [-0.3, -0.25) is 37.7 Å². The van der Waals surface area contributed by atoms with Gasteiger partial charge in [-0.2, -0.15) is 0 Å². The van der Waals surface area contributed by atoms with Crippen LogP contribution in [0.25, 0.3) is 0 Å². The van der Waals surface area contributed by atoms with Gasteiger partial charge < -0.3 is 95.2 Å². The number of alkyl halides is 2. The zero-order valence-corrected chi connectivity index (χ0v) is 59.0. The standard InChI is InChI=1S/C32H43FN3O18P.C24H37FN3O16P.ClH/c1-19(2)51-29(41)46-17-49-55(44,50-18-47-30(42)52-20(3)4)48-16-32(15-33)25(31(6,43)26(54-32)36-13-12-23(37)35-27(36)39)53-24(38)21(5)34-28(40)45-14-22-10-8-7-9-11-22;1-13(2)41-21(32)36-11-39-45(35,40-12-37-22(33)42-14(3)4)38-10-24(9-25)18(43-17(30)15(5)26)23(6,34)19(44-24)28-8-7-16(29)27-20(28)31;/h7-13,19-21,25-26,43H,14-18H2,1-6H3,(H,34,40)(H,35,37,39);7-8,13-15,18-19,34H,9-12,26H2,1-6H3,(H,27,29,31);1H/t21-,25-,26+,31+,32+;15-,18-,19+,23+,24+;/m00./s1. The molecule has 8 N–H and O–H groups in total. The van der Waals surface area contributed by atoms with Crippen molar-refractivity contribution in [1.82, 2.24) is 24.4 Å². The molecule has 101 heavy (non-hydrogen) atoms. The lowest BCUT2D eigenvalue weighted by molar-refractivity contribution is -0.404. The van der Waals surface area contributed by atoms with E-state index >= 15 is 4.39 Å². The lowest BCUT2D eigenvalue weighted by atomic mass is 9.88. The molecule has 0 saturated carbocycles. The predicted octanol–water partition coefficient (Wildman–Crippen LogP) is 0.215. The van der Waals surface area contributed by atoms with E-state index in [9.17, 15) is 76.5 Å². The first kappa shape index (κ1) is 87.3. The molecule has 0 radical (unpaired) electrons. The summed E-state index contributed by atoms with van der Waals surface area (Å²) in [5, 5.41) is 25.5. The highest BCUT2D eigenvalue weighted by Crippen LogP contribution is 2.55. The van der Waals surface area contributed by atoms with Crippen LogP contribution in [0.3, 0.4) is 0 Å². The first-order valence-corrected chi connectivity index (χ1v) is 32.8. The molecule has 0 unspecified atom stereocenters. The summed E-state index contributed by atoms with van der Waals surface area (Å²) in [6.45, 7) is 6.23. The summed E-state index contributed by atoms with van der Waals surface area (Å²) in [4.78, 5) is 138. The Bertz CT molecular complexity index is 3530. The molecule has 4 heterocycles. The van der Waals surface area contributed by atoms with E-state index in [1.165, 1.54) is 69.2 Å². The Morgan fingerprint density at radius 1 is 0.554 bits per heavy atom. The van der Waals surface area contributed by atoms with E-state index in [4.69, 9.17) is 69.8 Å². The number of quaternary nitrogens is 1. The maximum absolute atomic E-state index is 15.4. The normalized spacial score (nSPS) is 22.3. The number of nitrogens with zero attached hydrogens (tertiary/aromatic N) is 2. The Balaban J connectivity index is 0.000000531. The van der Waals surface area contributed by atoms with Crippen LogP contribution >= 0.6 is 15.6 Å². The first-order chi connectivity index (χ1) is 46.7. The number of phosphoric acid groups is 2. The predicted molar refractivity (Wildman–Crippen MR) is 325 cm³/mol. The molecule has 1 amide bonds. The highest BCUT2D eigenvalue weighted by atomic mass is 35.5.